The molecule has 0 aliphatic carbocycles. The van der Waals surface area contributed by atoms with Crippen molar-refractivity contribution >= 4 is 5.91 Å². The third kappa shape index (κ3) is 4.29. The first-order valence-electron chi connectivity index (χ1n) is 6.29. The third-order valence-electron chi connectivity index (χ3n) is 3.18. The van der Waals surface area contributed by atoms with E-state index in [1.807, 2.05) is 45.0 Å². The number of rotatable bonds is 5. The smallest absolute Gasteiger partial charge is 0.259 e. The quantitative estimate of drug-likeness (QED) is 0.884. The van der Waals surface area contributed by atoms with Gasteiger partial charge in [-0.05, 0) is 31.9 Å². The number of ether oxygens (including phenoxy) is 1. The van der Waals surface area contributed by atoms with Gasteiger partial charge < -0.3 is 10.1 Å². The zero-order valence-electron chi connectivity index (χ0n) is 11.9. The minimum absolute atomic E-state index is 0.0285. The van der Waals surface area contributed by atoms with Crippen LogP contribution in [0.1, 0.15) is 26.3 Å². The number of aryl methyl sites for hydroxylation is 1. The van der Waals surface area contributed by atoms with Crippen LogP contribution in [0.3, 0.4) is 0 Å². The minimum Gasteiger partial charge on any atom is -0.484 e. The van der Waals surface area contributed by atoms with Crippen molar-refractivity contribution in [2.24, 2.45) is 5.92 Å². The van der Waals surface area contributed by atoms with Gasteiger partial charge in [0.2, 0.25) is 0 Å². The van der Waals surface area contributed by atoms with E-state index in [1.54, 1.807) is 6.92 Å². The van der Waals surface area contributed by atoms with Crippen LogP contribution in [0.5, 0.6) is 5.75 Å². The molecular formula is C15H20N2O2. The van der Waals surface area contributed by atoms with Crippen molar-refractivity contribution in [1.82, 2.24) is 5.32 Å². The Morgan fingerprint density at radius 1 is 1.42 bits per heavy atom. The summed E-state index contributed by atoms with van der Waals surface area (Å²) in [5.74, 6) is 0.378. The zero-order valence-corrected chi connectivity index (χ0v) is 11.9. The van der Waals surface area contributed by atoms with Gasteiger partial charge in [-0.15, -0.1) is 0 Å². The molecule has 0 aliphatic rings. The van der Waals surface area contributed by atoms with Gasteiger partial charge in [-0.2, -0.15) is 5.26 Å². The van der Waals surface area contributed by atoms with Crippen molar-refractivity contribution in [2.45, 2.75) is 33.2 Å². The largest absolute Gasteiger partial charge is 0.484 e. The van der Waals surface area contributed by atoms with Crippen LogP contribution < -0.4 is 10.1 Å². The van der Waals surface area contributed by atoms with Crippen molar-refractivity contribution in [3.05, 3.63) is 29.8 Å². The molecule has 0 fully saturated rings. The van der Waals surface area contributed by atoms with E-state index in [2.05, 4.69) is 11.4 Å². The number of hydrogen-bond acceptors (Lipinski definition) is 3. The summed E-state index contributed by atoms with van der Waals surface area (Å²) in [4.78, 5) is 11.8. The molecule has 1 aromatic rings. The summed E-state index contributed by atoms with van der Waals surface area (Å²) < 4.78 is 5.37. The molecule has 0 saturated carbocycles. The van der Waals surface area contributed by atoms with Crippen molar-refractivity contribution in [3.63, 3.8) is 0 Å². The standard InChI is InChI=1S/C15H20N2O2/c1-11(2)15(4,10-16)17-14(18)9-19-13-7-5-12(3)6-8-13/h5-8,11H,9H2,1-4H3,(H,17,18)/t15-/m0/s1. The third-order valence-corrected chi connectivity index (χ3v) is 3.18. The highest BCUT2D eigenvalue weighted by Crippen LogP contribution is 2.15. The van der Waals surface area contributed by atoms with Crippen molar-refractivity contribution in [1.29, 1.82) is 5.26 Å². The van der Waals surface area contributed by atoms with Crippen LogP contribution >= 0.6 is 0 Å². The lowest BCUT2D eigenvalue weighted by Crippen LogP contribution is -2.50. The topological polar surface area (TPSA) is 62.1 Å². The Hall–Kier alpha value is -2.02. The van der Waals surface area contributed by atoms with Crippen LogP contribution in [0.25, 0.3) is 0 Å². The Balaban J connectivity index is 2.53. The van der Waals surface area contributed by atoms with E-state index in [0.29, 0.717) is 5.75 Å². The Bertz CT molecular complexity index is 474. The predicted octanol–water partition coefficient (Wildman–Crippen LogP) is 2.43. The van der Waals surface area contributed by atoms with Gasteiger partial charge in [-0.25, -0.2) is 0 Å². The molecule has 0 aliphatic heterocycles. The Labute approximate surface area is 114 Å². The van der Waals surface area contributed by atoms with Gasteiger partial charge >= 0.3 is 0 Å². The van der Waals surface area contributed by atoms with Gasteiger partial charge in [0, 0.05) is 0 Å². The number of hydrogen-bond donors (Lipinski definition) is 1. The molecule has 1 rings (SSSR count). The lowest BCUT2D eigenvalue weighted by molar-refractivity contribution is -0.124. The lowest BCUT2D eigenvalue weighted by Gasteiger charge is -2.27. The molecule has 0 aromatic heterocycles. The van der Waals surface area contributed by atoms with Crippen LogP contribution in [0.2, 0.25) is 0 Å². The van der Waals surface area contributed by atoms with Gasteiger partial charge in [0.05, 0.1) is 6.07 Å². The van der Waals surface area contributed by atoms with Gasteiger partial charge in [0.1, 0.15) is 11.3 Å². The highest BCUT2D eigenvalue weighted by Gasteiger charge is 2.29. The maximum Gasteiger partial charge on any atom is 0.259 e. The molecule has 102 valence electrons. The maximum atomic E-state index is 11.8. The number of carbonyl (C=O) groups excluding carboxylic acids is 1. The molecule has 1 atom stereocenters. The molecule has 0 radical (unpaired) electrons. The van der Waals surface area contributed by atoms with E-state index in [0.717, 1.165) is 5.56 Å². The molecule has 0 bridgehead atoms. The average Bonchev–Trinajstić information content (AvgIpc) is 2.37. The number of carbonyl (C=O) groups is 1. The fourth-order valence-corrected chi connectivity index (χ4v) is 1.41. The first kappa shape index (κ1) is 15.0. The SMILES string of the molecule is Cc1ccc(OCC(=O)N[C@@](C)(C#N)C(C)C)cc1. The van der Waals surface area contributed by atoms with Crippen molar-refractivity contribution in [2.75, 3.05) is 6.61 Å². The molecular weight excluding hydrogens is 240 g/mol. The number of nitrogens with zero attached hydrogens (tertiary/aromatic N) is 1. The second kappa shape index (κ2) is 6.24. The Morgan fingerprint density at radius 3 is 2.47 bits per heavy atom. The van der Waals surface area contributed by atoms with Crippen LogP contribution in [-0.2, 0) is 4.79 Å². The molecule has 19 heavy (non-hydrogen) atoms. The van der Waals surface area contributed by atoms with Crippen LogP contribution in [0.15, 0.2) is 24.3 Å². The Kier molecular flexibility index (Phi) is 4.94. The highest BCUT2D eigenvalue weighted by atomic mass is 16.5. The molecule has 0 saturated heterocycles. The normalized spacial score (nSPS) is 13.5. The van der Waals surface area contributed by atoms with Gasteiger partial charge in [-0.3, -0.25) is 4.79 Å². The molecule has 0 unspecified atom stereocenters. The monoisotopic (exact) mass is 260 g/mol. The van der Waals surface area contributed by atoms with Crippen LogP contribution in [0.4, 0.5) is 0 Å². The number of amides is 1. The molecule has 1 aromatic carbocycles. The van der Waals surface area contributed by atoms with Crippen LogP contribution in [-0.4, -0.2) is 18.1 Å². The van der Waals surface area contributed by atoms with Crippen molar-refractivity contribution in [3.8, 4) is 11.8 Å². The molecule has 4 nitrogen and oxygen atoms in total. The minimum atomic E-state index is -0.867. The predicted molar refractivity (Wildman–Crippen MR) is 73.7 cm³/mol. The summed E-state index contributed by atoms with van der Waals surface area (Å²) in [6.45, 7) is 7.39. The molecule has 1 amide bonds. The second-order valence-corrected chi connectivity index (χ2v) is 5.12. The second-order valence-electron chi connectivity index (χ2n) is 5.12. The summed E-state index contributed by atoms with van der Waals surface area (Å²) in [6.07, 6.45) is 0. The average molecular weight is 260 g/mol. The number of nitriles is 1. The van der Waals surface area contributed by atoms with E-state index < -0.39 is 5.54 Å². The lowest BCUT2D eigenvalue weighted by atomic mass is 9.90. The Morgan fingerprint density at radius 2 is 2.00 bits per heavy atom. The maximum absolute atomic E-state index is 11.8. The summed E-state index contributed by atoms with van der Waals surface area (Å²) in [6, 6.07) is 9.59. The highest BCUT2D eigenvalue weighted by molar-refractivity contribution is 5.78. The molecule has 4 heteroatoms. The first-order chi connectivity index (χ1) is 8.87. The van der Waals surface area contributed by atoms with E-state index in [9.17, 15) is 4.79 Å². The number of benzene rings is 1. The zero-order chi connectivity index (χ0) is 14.5. The van der Waals surface area contributed by atoms with Gasteiger partial charge in [0.25, 0.3) is 5.91 Å². The fraction of sp³-hybridized carbons (Fsp3) is 0.467. The van der Waals surface area contributed by atoms with E-state index in [4.69, 9.17) is 10.00 Å². The fourth-order valence-electron chi connectivity index (χ4n) is 1.41. The van der Waals surface area contributed by atoms with Gasteiger partial charge in [0.15, 0.2) is 6.61 Å². The molecule has 0 heterocycles. The molecule has 0 spiro atoms. The van der Waals surface area contributed by atoms with Crippen molar-refractivity contribution < 1.29 is 9.53 Å². The summed E-state index contributed by atoms with van der Waals surface area (Å²) in [5, 5.41) is 11.8. The van der Waals surface area contributed by atoms with E-state index in [-0.39, 0.29) is 18.4 Å². The van der Waals surface area contributed by atoms with Crippen LogP contribution in [0, 0.1) is 24.2 Å². The summed E-state index contributed by atoms with van der Waals surface area (Å²) in [5.41, 5.74) is 0.266. The molecule has 1 N–H and O–H groups in total. The van der Waals surface area contributed by atoms with Gasteiger partial charge in [-0.1, -0.05) is 31.5 Å². The van der Waals surface area contributed by atoms with E-state index in [1.165, 1.54) is 0 Å². The van der Waals surface area contributed by atoms with E-state index >= 15 is 0 Å². The summed E-state index contributed by atoms with van der Waals surface area (Å²) in [7, 11) is 0. The number of nitrogens with one attached hydrogen (secondary N) is 1. The first-order valence-corrected chi connectivity index (χ1v) is 6.29. The summed E-state index contributed by atoms with van der Waals surface area (Å²) >= 11 is 0.